The van der Waals surface area contributed by atoms with Gasteiger partial charge in [0.25, 0.3) is 0 Å². The van der Waals surface area contributed by atoms with Gasteiger partial charge in [-0.3, -0.25) is 4.79 Å². The average molecular weight is 260 g/mol. The summed E-state index contributed by atoms with van der Waals surface area (Å²) in [4.78, 5) is 10.8. The Morgan fingerprint density at radius 1 is 1.28 bits per heavy atom. The van der Waals surface area contributed by atoms with E-state index in [0.29, 0.717) is 6.54 Å². The highest BCUT2D eigenvalue weighted by atomic mass is 35.5. The first-order valence-corrected chi connectivity index (χ1v) is 6.14. The highest BCUT2D eigenvalue weighted by Crippen LogP contribution is 2.27. The molecule has 18 heavy (non-hydrogen) atoms. The van der Waals surface area contributed by atoms with Gasteiger partial charge in [0.15, 0.2) is 0 Å². The fourth-order valence-corrected chi connectivity index (χ4v) is 2.14. The number of benzene rings is 2. The standard InChI is InChI=1S/C15H14ClNO/c1-11(18)17-10-4-8-13-6-2-5-12-7-3-9-14(16)15(12)13/h2-9H,10H2,1H3,(H,17,18). The second kappa shape index (κ2) is 5.69. The number of hydrogen-bond acceptors (Lipinski definition) is 1. The molecule has 3 heteroatoms. The molecule has 2 rings (SSSR count). The zero-order chi connectivity index (χ0) is 13.0. The van der Waals surface area contributed by atoms with Gasteiger partial charge in [0.2, 0.25) is 5.91 Å². The topological polar surface area (TPSA) is 29.1 Å². The number of carbonyl (C=O) groups is 1. The Hall–Kier alpha value is -1.80. The second-order valence-corrected chi connectivity index (χ2v) is 4.43. The Kier molecular flexibility index (Phi) is 4.00. The summed E-state index contributed by atoms with van der Waals surface area (Å²) in [5, 5.41) is 5.62. The summed E-state index contributed by atoms with van der Waals surface area (Å²) >= 11 is 6.22. The van der Waals surface area contributed by atoms with Crippen LogP contribution in [0.5, 0.6) is 0 Å². The molecule has 2 aromatic carbocycles. The third-order valence-corrected chi connectivity index (χ3v) is 2.97. The van der Waals surface area contributed by atoms with Crippen molar-refractivity contribution >= 4 is 34.4 Å². The number of fused-ring (bicyclic) bond motifs is 1. The first kappa shape index (κ1) is 12.7. The fraction of sp³-hybridized carbons (Fsp3) is 0.133. The lowest BCUT2D eigenvalue weighted by Crippen LogP contribution is -2.19. The molecule has 0 unspecified atom stereocenters. The molecular weight excluding hydrogens is 246 g/mol. The van der Waals surface area contributed by atoms with Crippen molar-refractivity contribution < 1.29 is 4.79 Å². The van der Waals surface area contributed by atoms with Crippen molar-refractivity contribution in [1.29, 1.82) is 0 Å². The van der Waals surface area contributed by atoms with Crippen LogP contribution < -0.4 is 5.32 Å². The number of rotatable bonds is 3. The first-order valence-electron chi connectivity index (χ1n) is 5.76. The van der Waals surface area contributed by atoms with Crippen molar-refractivity contribution in [2.75, 3.05) is 6.54 Å². The number of halogens is 1. The fourth-order valence-electron chi connectivity index (χ4n) is 1.85. The van der Waals surface area contributed by atoms with Crippen molar-refractivity contribution in [3.63, 3.8) is 0 Å². The molecule has 92 valence electrons. The van der Waals surface area contributed by atoms with Crippen molar-refractivity contribution in [3.05, 3.63) is 53.1 Å². The van der Waals surface area contributed by atoms with Crippen LogP contribution in [-0.4, -0.2) is 12.5 Å². The number of hydrogen-bond donors (Lipinski definition) is 1. The quantitative estimate of drug-likeness (QED) is 0.896. The Morgan fingerprint density at radius 2 is 2.00 bits per heavy atom. The molecule has 0 saturated heterocycles. The first-order chi connectivity index (χ1) is 8.68. The van der Waals surface area contributed by atoms with Crippen LogP contribution in [0.25, 0.3) is 16.8 Å². The number of carbonyl (C=O) groups excluding carboxylic acids is 1. The van der Waals surface area contributed by atoms with E-state index in [4.69, 9.17) is 11.6 Å². The average Bonchev–Trinajstić information content (AvgIpc) is 2.34. The highest BCUT2D eigenvalue weighted by Gasteiger charge is 2.01. The smallest absolute Gasteiger partial charge is 0.217 e. The lowest BCUT2D eigenvalue weighted by Gasteiger charge is -2.04. The minimum absolute atomic E-state index is 0.0318. The minimum atomic E-state index is -0.0318. The summed E-state index contributed by atoms with van der Waals surface area (Å²) in [5.41, 5.74) is 1.06. The normalized spacial score (nSPS) is 11.0. The number of nitrogens with one attached hydrogen (secondary N) is 1. The molecule has 2 aromatic rings. The van der Waals surface area contributed by atoms with Gasteiger partial charge in [-0.25, -0.2) is 0 Å². The molecule has 0 atom stereocenters. The van der Waals surface area contributed by atoms with Gasteiger partial charge in [-0.05, 0) is 17.0 Å². The minimum Gasteiger partial charge on any atom is -0.353 e. The van der Waals surface area contributed by atoms with Gasteiger partial charge in [-0.1, -0.05) is 54.1 Å². The monoisotopic (exact) mass is 259 g/mol. The van der Waals surface area contributed by atoms with Crippen LogP contribution in [0.15, 0.2) is 42.5 Å². The van der Waals surface area contributed by atoms with Crippen molar-refractivity contribution in [2.24, 2.45) is 0 Å². The molecule has 1 amide bonds. The molecule has 0 aliphatic rings. The predicted octanol–water partition coefficient (Wildman–Crippen LogP) is 3.64. The van der Waals surface area contributed by atoms with E-state index in [0.717, 1.165) is 21.4 Å². The second-order valence-electron chi connectivity index (χ2n) is 4.02. The highest BCUT2D eigenvalue weighted by molar-refractivity contribution is 6.36. The van der Waals surface area contributed by atoms with Gasteiger partial charge in [-0.15, -0.1) is 0 Å². The zero-order valence-corrected chi connectivity index (χ0v) is 10.9. The van der Waals surface area contributed by atoms with Gasteiger partial charge in [0.05, 0.1) is 0 Å². The summed E-state index contributed by atoms with van der Waals surface area (Å²) in [6.07, 6.45) is 3.89. The van der Waals surface area contributed by atoms with E-state index in [1.165, 1.54) is 6.92 Å². The van der Waals surface area contributed by atoms with Crippen LogP contribution in [0.3, 0.4) is 0 Å². The Morgan fingerprint density at radius 3 is 2.72 bits per heavy atom. The molecule has 0 aliphatic heterocycles. The van der Waals surface area contributed by atoms with Crippen molar-refractivity contribution in [2.45, 2.75) is 6.92 Å². The Balaban J connectivity index is 2.30. The molecule has 0 bridgehead atoms. The Bertz CT molecular complexity index is 599. The molecule has 0 heterocycles. The molecule has 0 saturated carbocycles. The van der Waals surface area contributed by atoms with E-state index < -0.39 is 0 Å². The molecule has 0 aliphatic carbocycles. The van der Waals surface area contributed by atoms with E-state index in [2.05, 4.69) is 5.32 Å². The van der Waals surface area contributed by atoms with E-state index in [9.17, 15) is 4.79 Å². The SMILES string of the molecule is CC(=O)NCC=Cc1cccc2cccc(Cl)c12. The zero-order valence-electron chi connectivity index (χ0n) is 10.1. The molecule has 0 aromatic heterocycles. The molecule has 1 N–H and O–H groups in total. The van der Waals surface area contributed by atoms with Gasteiger partial charge >= 0.3 is 0 Å². The van der Waals surface area contributed by atoms with E-state index >= 15 is 0 Å². The van der Waals surface area contributed by atoms with Crippen LogP contribution in [0.2, 0.25) is 5.02 Å². The number of amides is 1. The van der Waals surface area contributed by atoms with E-state index in [-0.39, 0.29) is 5.91 Å². The summed E-state index contributed by atoms with van der Waals surface area (Å²) in [6, 6.07) is 11.9. The largest absolute Gasteiger partial charge is 0.353 e. The lowest BCUT2D eigenvalue weighted by atomic mass is 10.0. The third-order valence-electron chi connectivity index (χ3n) is 2.65. The van der Waals surface area contributed by atoms with Gasteiger partial charge in [0, 0.05) is 23.9 Å². The third kappa shape index (κ3) is 2.90. The maximum absolute atomic E-state index is 10.8. The summed E-state index contributed by atoms with van der Waals surface area (Å²) in [6.45, 7) is 2.03. The van der Waals surface area contributed by atoms with Crippen molar-refractivity contribution in [1.82, 2.24) is 5.32 Å². The van der Waals surface area contributed by atoms with Crippen LogP contribution in [-0.2, 0) is 4.79 Å². The van der Waals surface area contributed by atoms with Gasteiger partial charge in [-0.2, -0.15) is 0 Å². The summed E-state index contributed by atoms with van der Waals surface area (Å²) in [7, 11) is 0. The van der Waals surface area contributed by atoms with E-state index in [1.54, 1.807) is 0 Å². The van der Waals surface area contributed by atoms with Crippen molar-refractivity contribution in [3.8, 4) is 0 Å². The molecule has 0 spiro atoms. The summed E-state index contributed by atoms with van der Waals surface area (Å²) < 4.78 is 0. The Labute approximate surface area is 111 Å². The van der Waals surface area contributed by atoms with Crippen LogP contribution in [0, 0.1) is 0 Å². The maximum atomic E-state index is 10.8. The van der Waals surface area contributed by atoms with Crippen LogP contribution in [0.4, 0.5) is 0 Å². The molecular formula is C15H14ClNO. The van der Waals surface area contributed by atoms with Gasteiger partial charge < -0.3 is 5.32 Å². The summed E-state index contributed by atoms with van der Waals surface area (Å²) in [5.74, 6) is -0.0318. The predicted molar refractivity (Wildman–Crippen MR) is 76.7 cm³/mol. The molecule has 0 radical (unpaired) electrons. The molecule has 2 nitrogen and oxygen atoms in total. The van der Waals surface area contributed by atoms with Gasteiger partial charge in [0.1, 0.15) is 0 Å². The van der Waals surface area contributed by atoms with E-state index in [1.807, 2.05) is 48.6 Å². The van der Waals surface area contributed by atoms with Crippen LogP contribution in [0.1, 0.15) is 12.5 Å². The molecule has 0 fully saturated rings. The lowest BCUT2D eigenvalue weighted by molar-refractivity contribution is -0.118. The maximum Gasteiger partial charge on any atom is 0.217 e. The van der Waals surface area contributed by atoms with Crippen LogP contribution >= 0.6 is 11.6 Å².